The lowest BCUT2D eigenvalue weighted by atomic mass is 10.2. The molecule has 0 aliphatic carbocycles. The Bertz CT molecular complexity index is 586. The van der Waals surface area contributed by atoms with Gasteiger partial charge in [-0.15, -0.1) is 0 Å². The summed E-state index contributed by atoms with van der Waals surface area (Å²) in [5.41, 5.74) is 4.06. The summed E-state index contributed by atoms with van der Waals surface area (Å²) in [4.78, 5) is 9.22. The Labute approximate surface area is 114 Å². The molecule has 0 saturated heterocycles. The third-order valence-electron chi connectivity index (χ3n) is 3.19. The predicted molar refractivity (Wildman–Crippen MR) is 77.2 cm³/mol. The zero-order chi connectivity index (χ0) is 14.0. The van der Waals surface area contributed by atoms with E-state index in [1.165, 1.54) is 0 Å². The van der Waals surface area contributed by atoms with Crippen LogP contribution in [-0.2, 0) is 7.05 Å². The summed E-state index contributed by atoms with van der Waals surface area (Å²) in [5.74, 6) is 1.67. The molecule has 5 nitrogen and oxygen atoms in total. The molecule has 2 rings (SSSR count). The average Bonchev–Trinajstić information content (AvgIpc) is 2.70. The maximum Gasteiger partial charge on any atom is 0.165 e. The Kier molecular flexibility index (Phi) is 3.83. The molecule has 0 saturated carbocycles. The Morgan fingerprint density at radius 3 is 2.47 bits per heavy atom. The quantitative estimate of drug-likeness (QED) is 0.917. The van der Waals surface area contributed by atoms with Crippen LogP contribution in [0, 0.1) is 20.8 Å². The van der Waals surface area contributed by atoms with Crippen molar-refractivity contribution in [2.45, 2.75) is 34.1 Å². The lowest BCUT2D eigenvalue weighted by Crippen LogP contribution is -2.07. The normalized spacial score (nSPS) is 10.8. The van der Waals surface area contributed by atoms with E-state index < -0.39 is 0 Å². The summed E-state index contributed by atoms with van der Waals surface area (Å²) < 4.78 is 1.79. The van der Waals surface area contributed by atoms with Crippen molar-refractivity contribution in [3.63, 3.8) is 0 Å². The minimum atomic E-state index is 0.743. The van der Waals surface area contributed by atoms with E-state index in [0.717, 1.165) is 47.1 Å². The highest BCUT2D eigenvalue weighted by molar-refractivity contribution is 5.61. The van der Waals surface area contributed by atoms with Crippen molar-refractivity contribution in [3.8, 4) is 11.4 Å². The van der Waals surface area contributed by atoms with Gasteiger partial charge in [-0.2, -0.15) is 5.10 Å². The molecule has 0 fully saturated rings. The van der Waals surface area contributed by atoms with Gasteiger partial charge in [-0.1, -0.05) is 6.92 Å². The molecule has 5 heteroatoms. The first-order valence-electron chi connectivity index (χ1n) is 6.62. The molecule has 1 N–H and O–H groups in total. The first kappa shape index (κ1) is 13.5. The van der Waals surface area contributed by atoms with E-state index in [0.29, 0.717) is 0 Å². The largest absolute Gasteiger partial charge is 0.370 e. The highest BCUT2D eigenvalue weighted by Crippen LogP contribution is 2.23. The topological polar surface area (TPSA) is 55.6 Å². The average molecular weight is 259 g/mol. The van der Waals surface area contributed by atoms with Crippen molar-refractivity contribution in [2.75, 3.05) is 11.9 Å². The highest BCUT2D eigenvalue weighted by atomic mass is 15.3. The van der Waals surface area contributed by atoms with Gasteiger partial charge in [-0.3, -0.25) is 4.68 Å². The molecule has 0 amide bonds. The van der Waals surface area contributed by atoms with E-state index in [4.69, 9.17) is 0 Å². The Morgan fingerprint density at radius 1 is 1.16 bits per heavy atom. The van der Waals surface area contributed by atoms with Crippen LogP contribution in [0.1, 0.15) is 30.3 Å². The Balaban J connectivity index is 2.47. The zero-order valence-corrected chi connectivity index (χ0v) is 12.3. The Morgan fingerprint density at radius 2 is 1.89 bits per heavy atom. The first-order chi connectivity index (χ1) is 9.02. The van der Waals surface area contributed by atoms with E-state index in [9.17, 15) is 0 Å². The molecule has 0 atom stereocenters. The second-order valence-corrected chi connectivity index (χ2v) is 4.83. The van der Waals surface area contributed by atoms with E-state index in [-0.39, 0.29) is 0 Å². The molecule has 0 aliphatic rings. The van der Waals surface area contributed by atoms with Gasteiger partial charge in [0.25, 0.3) is 0 Å². The first-order valence-corrected chi connectivity index (χ1v) is 6.62. The van der Waals surface area contributed by atoms with Crippen LogP contribution in [0.5, 0.6) is 0 Å². The molecule has 102 valence electrons. The number of nitrogens with one attached hydrogen (secondary N) is 1. The fraction of sp³-hybridized carbons (Fsp3) is 0.500. The fourth-order valence-corrected chi connectivity index (χ4v) is 1.98. The second kappa shape index (κ2) is 5.38. The standard InChI is InChI=1S/C14H21N5/c1-6-7-15-13-9(2)10(3)16-14(17-13)12-8-19(5)18-11(12)4/h8H,6-7H2,1-5H3,(H,15,16,17). The van der Waals surface area contributed by atoms with Crippen LogP contribution in [0.2, 0.25) is 0 Å². The second-order valence-electron chi connectivity index (χ2n) is 4.83. The fourth-order valence-electron chi connectivity index (χ4n) is 1.98. The molecule has 0 spiro atoms. The van der Waals surface area contributed by atoms with Crippen LogP contribution in [0.3, 0.4) is 0 Å². The van der Waals surface area contributed by atoms with Gasteiger partial charge >= 0.3 is 0 Å². The van der Waals surface area contributed by atoms with Crippen molar-refractivity contribution in [1.82, 2.24) is 19.7 Å². The monoisotopic (exact) mass is 259 g/mol. The summed E-state index contributed by atoms with van der Waals surface area (Å²) in [5, 5.41) is 7.71. The van der Waals surface area contributed by atoms with E-state index >= 15 is 0 Å². The van der Waals surface area contributed by atoms with Gasteiger partial charge in [0.05, 0.1) is 11.3 Å². The van der Waals surface area contributed by atoms with Crippen molar-refractivity contribution in [1.29, 1.82) is 0 Å². The molecule has 19 heavy (non-hydrogen) atoms. The molecule has 2 aromatic rings. The van der Waals surface area contributed by atoms with Crippen LogP contribution in [0.4, 0.5) is 5.82 Å². The number of rotatable bonds is 4. The van der Waals surface area contributed by atoms with E-state index in [1.807, 2.05) is 34.0 Å². The molecular formula is C14H21N5. The lowest BCUT2D eigenvalue weighted by molar-refractivity contribution is 0.756. The van der Waals surface area contributed by atoms with Gasteiger partial charge < -0.3 is 5.32 Å². The molecular weight excluding hydrogens is 238 g/mol. The summed E-state index contributed by atoms with van der Waals surface area (Å²) >= 11 is 0. The van der Waals surface area contributed by atoms with Gasteiger partial charge in [0.15, 0.2) is 5.82 Å². The smallest absolute Gasteiger partial charge is 0.165 e. The molecule has 0 bridgehead atoms. The zero-order valence-electron chi connectivity index (χ0n) is 12.3. The summed E-state index contributed by atoms with van der Waals surface area (Å²) in [6.07, 6.45) is 3.03. The number of nitrogens with zero attached hydrogens (tertiary/aromatic N) is 4. The minimum Gasteiger partial charge on any atom is -0.370 e. The van der Waals surface area contributed by atoms with Crippen molar-refractivity contribution >= 4 is 5.82 Å². The summed E-state index contributed by atoms with van der Waals surface area (Å²) in [6.45, 7) is 9.11. The molecule has 0 radical (unpaired) electrons. The maximum atomic E-state index is 4.64. The molecule has 2 aromatic heterocycles. The van der Waals surface area contributed by atoms with E-state index in [2.05, 4.69) is 27.3 Å². The van der Waals surface area contributed by atoms with Crippen LogP contribution in [0.15, 0.2) is 6.20 Å². The SMILES string of the molecule is CCCNc1nc(-c2cn(C)nc2C)nc(C)c1C. The van der Waals surface area contributed by atoms with Crippen LogP contribution >= 0.6 is 0 Å². The number of hydrogen-bond donors (Lipinski definition) is 1. The Hall–Kier alpha value is -1.91. The molecule has 0 aromatic carbocycles. The number of hydrogen-bond acceptors (Lipinski definition) is 4. The van der Waals surface area contributed by atoms with Gasteiger partial charge in [-0.25, -0.2) is 9.97 Å². The maximum absolute atomic E-state index is 4.64. The van der Waals surface area contributed by atoms with Crippen molar-refractivity contribution < 1.29 is 0 Å². The molecule has 0 unspecified atom stereocenters. The van der Waals surface area contributed by atoms with Crippen LogP contribution in [-0.4, -0.2) is 26.3 Å². The van der Waals surface area contributed by atoms with Gasteiger partial charge in [0.1, 0.15) is 5.82 Å². The van der Waals surface area contributed by atoms with Gasteiger partial charge in [0, 0.05) is 31.0 Å². The third-order valence-corrected chi connectivity index (χ3v) is 3.19. The van der Waals surface area contributed by atoms with E-state index in [1.54, 1.807) is 4.68 Å². The van der Waals surface area contributed by atoms with Gasteiger partial charge in [-0.05, 0) is 27.2 Å². The molecule has 0 aliphatic heterocycles. The number of aromatic nitrogens is 4. The number of aryl methyl sites for hydroxylation is 3. The van der Waals surface area contributed by atoms with Crippen molar-refractivity contribution in [3.05, 3.63) is 23.1 Å². The molecule has 2 heterocycles. The third kappa shape index (κ3) is 2.75. The predicted octanol–water partition coefficient (Wildman–Crippen LogP) is 2.62. The number of anilines is 1. The summed E-state index contributed by atoms with van der Waals surface area (Å²) in [6, 6.07) is 0. The van der Waals surface area contributed by atoms with Crippen LogP contribution < -0.4 is 5.32 Å². The highest BCUT2D eigenvalue weighted by Gasteiger charge is 2.13. The van der Waals surface area contributed by atoms with Gasteiger partial charge in [0.2, 0.25) is 0 Å². The minimum absolute atomic E-state index is 0.743. The summed E-state index contributed by atoms with van der Waals surface area (Å²) in [7, 11) is 1.91. The van der Waals surface area contributed by atoms with Crippen LogP contribution in [0.25, 0.3) is 11.4 Å². The van der Waals surface area contributed by atoms with Crippen molar-refractivity contribution in [2.24, 2.45) is 7.05 Å². The lowest BCUT2D eigenvalue weighted by Gasteiger charge is -2.11.